The number of rotatable bonds is 3. The van der Waals surface area contributed by atoms with Crippen molar-refractivity contribution >= 4 is 46.3 Å². The van der Waals surface area contributed by atoms with Gasteiger partial charge in [0.2, 0.25) is 0 Å². The fraction of sp³-hybridized carbons (Fsp3) is 0.143. The van der Waals surface area contributed by atoms with Crippen molar-refractivity contribution in [1.29, 1.82) is 0 Å². The molecule has 1 aliphatic heterocycles. The number of carboxylic acids is 1. The summed E-state index contributed by atoms with van der Waals surface area (Å²) in [6, 6.07) is 3.26. The number of carbonyl (C=O) groups is 2. The van der Waals surface area contributed by atoms with Gasteiger partial charge >= 0.3 is 5.97 Å². The molecule has 0 radical (unpaired) electrons. The van der Waals surface area contributed by atoms with Crippen LogP contribution in [0.4, 0.5) is 0 Å². The molecule has 0 aliphatic carbocycles. The molecule has 0 saturated carbocycles. The summed E-state index contributed by atoms with van der Waals surface area (Å²) in [5, 5.41) is 12.7. The zero-order valence-corrected chi connectivity index (χ0v) is 12.8. The second kappa shape index (κ2) is 5.33. The standard InChI is InChI=1S/C14H8Cl2O4S/c15-10-8(12(17)6-1-2-21-5-6)3-7-4-9(14(18)19)20-13(7)11(10)16/h1-3,5,9H,4H2,(H,18,19). The molecule has 1 aromatic heterocycles. The Hall–Kier alpha value is -1.56. The molecule has 0 spiro atoms. The molecule has 1 atom stereocenters. The van der Waals surface area contributed by atoms with Crippen molar-refractivity contribution in [2.75, 3.05) is 0 Å². The summed E-state index contributed by atoms with van der Waals surface area (Å²) in [4.78, 5) is 23.4. The van der Waals surface area contributed by atoms with Crippen LogP contribution in [0.3, 0.4) is 0 Å². The summed E-state index contributed by atoms with van der Waals surface area (Å²) in [6.07, 6.45) is -0.842. The van der Waals surface area contributed by atoms with Gasteiger partial charge in [-0.3, -0.25) is 4.79 Å². The highest BCUT2D eigenvalue weighted by Crippen LogP contribution is 2.43. The number of ether oxygens (including phenoxy) is 1. The van der Waals surface area contributed by atoms with Crippen molar-refractivity contribution in [1.82, 2.24) is 0 Å². The van der Waals surface area contributed by atoms with Crippen molar-refractivity contribution in [3.63, 3.8) is 0 Å². The largest absolute Gasteiger partial charge is 0.478 e. The molecule has 2 heterocycles. The number of aliphatic carboxylic acids is 1. The number of hydrogen-bond acceptors (Lipinski definition) is 4. The van der Waals surface area contributed by atoms with Gasteiger partial charge in [0.25, 0.3) is 0 Å². The van der Waals surface area contributed by atoms with Crippen LogP contribution in [0.15, 0.2) is 22.9 Å². The van der Waals surface area contributed by atoms with E-state index >= 15 is 0 Å². The molecule has 1 aliphatic rings. The van der Waals surface area contributed by atoms with Gasteiger partial charge < -0.3 is 9.84 Å². The Morgan fingerprint density at radius 3 is 2.71 bits per heavy atom. The van der Waals surface area contributed by atoms with Crippen molar-refractivity contribution in [3.8, 4) is 5.75 Å². The third-order valence-electron chi connectivity index (χ3n) is 3.21. The number of carbonyl (C=O) groups excluding carboxylic acids is 1. The second-order valence-corrected chi connectivity index (χ2v) is 6.07. The first-order valence-corrected chi connectivity index (χ1v) is 7.66. The van der Waals surface area contributed by atoms with E-state index in [1.54, 1.807) is 22.9 Å². The molecule has 2 aromatic rings. The summed E-state index contributed by atoms with van der Waals surface area (Å²) in [5.74, 6) is -1.08. The zero-order valence-electron chi connectivity index (χ0n) is 10.4. The summed E-state index contributed by atoms with van der Waals surface area (Å²) >= 11 is 13.7. The van der Waals surface area contributed by atoms with E-state index in [4.69, 9.17) is 33.0 Å². The topological polar surface area (TPSA) is 63.6 Å². The van der Waals surface area contributed by atoms with Gasteiger partial charge in [-0.25, -0.2) is 4.79 Å². The summed E-state index contributed by atoms with van der Waals surface area (Å²) in [7, 11) is 0. The molecule has 0 saturated heterocycles. The van der Waals surface area contributed by atoms with Gasteiger partial charge in [0.1, 0.15) is 10.8 Å². The minimum Gasteiger partial charge on any atom is -0.478 e. The molecule has 0 fully saturated rings. The number of fused-ring (bicyclic) bond motifs is 1. The number of benzene rings is 1. The van der Waals surface area contributed by atoms with Gasteiger partial charge in [-0.2, -0.15) is 11.3 Å². The van der Waals surface area contributed by atoms with Crippen LogP contribution in [0.1, 0.15) is 21.5 Å². The van der Waals surface area contributed by atoms with E-state index < -0.39 is 12.1 Å². The number of halogens is 2. The molecule has 1 N–H and O–H groups in total. The first-order valence-electron chi connectivity index (χ1n) is 5.96. The molecule has 3 rings (SSSR count). The van der Waals surface area contributed by atoms with Crippen LogP contribution in [-0.4, -0.2) is 23.0 Å². The molecule has 0 bridgehead atoms. The van der Waals surface area contributed by atoms with Crippen molar-refractivity contribution in [2.45, 2.75) is 12.5 Å². The maximum absolute atomic E-state index is 12.4. The molecule has 0 amide bonds. The number of thiophene rings is 1. The lowest BCUT2D eigenvalue weighted by molar-refractivity contribution is -0.144. The average molecular weight is 343 g/mol. The van der Waals surface area contributed by atoms with Crippen molar-refractivity contribution < 1.29 is 19.4 Å². The third-order valence-corrected chi connectivity index (χ3v) is 4.74. The van der Waals surface area contributed by atoms with Gasteiger partial charge in [-0.1, -0.05) is 23.2 Å². The van der Waals surface area contributed by atoms with Crippen LogP contribution in [0.5, 0.6) is 5.75 Å². The fourth-order valence-corrected chi connectivity index (χ4v) is 3.31. The Kier molecular flexibility index (Phi) is 3.65. The van der Waals surface area contributed by atoms with Crippen molar-refractivity contribution in [3.05, 3.63) is 49.6 Å². The van der Waals surface area contributed by atoms with Crippen LogP contribution >= 0.6 is 34.5 Å². The Balaban J connectivity index is 2.06. The van der Waals surface area contributed by atoms with Crippen LogP contribution in [0.2, 0.25) is 10.0 Å². The number of hydrogen-bond donors (Lipinski definition) is 1. The number of ketones is 1. The summed E-state index contributed by atoms with van der Waals surface area (Å²) in [5.41, 5.74) is 1.36. The highest BCUT2D eigenvalue weighted by molar-refractivity contribution is 7.08. The van der Waals surface area contributed by atoms with E-state index in [2.05, 4.69) is 0 Å². The van der Waals surface area contributed by atoms with E-state index in [1.165, 1.54) is 11.3 Å². The smallest absolute Gasteiger partial charge is 0.345 e. The quantitative estimate of drug-likeness (QED) is 0.864. The van der Waals surface area contributed by atoms with E-state index in [-0.39, 0.29) is 33.6 Å². The monoisotopic (exact) mass is 342 g/mol. The van der Waals surface area contributed by atoms with Crippen LogP contribution in [0, 0.1) is 0 Å². The molecule has 7 heteroatoms. The maximum atomic E-state index is 12.4. The number of carboxylic acid groups (broad SMARTS) is 1. The van der Waals surface area contributed by atoms with Crippen LogP contribution in [-0.2, 0) is 11.2 Å². The maximum Gasteiger partial charge on any atom is 0.345 e. The Bertz CT molecular complexity index is 740. The highest BCUT2D eigenvalue weighted by atomic mass is 35.5. The van der Waals surface area contributed by atoms with E-state index in [0.717, 1.165) is 0 Å². The predicted octanol–water partition coefficient (Wildman–Crippen LogP) is 3.67. The predicted molar refractivity (Wildman–Crippen MR) is 80.0 cm³/mol. The molecule has 1 unspecified atom stereocenters. The second-order valence-electron chi connectivity index (χ2n) is 4.53. The molecule has 1 aromatic carbocycles. The summed E-state index contributed by atoms with van der Waals surface area (Å²) in [6.45, 7) is 0. The lowest BCUT2D eigenvalue weighted by atomic mass is 10.0. The average Bonchev–Trinajstić information content (AvgIpc) is 3.10. The zero-order chi connectivity index (χ0) is 15.1. The van der Waals surface area contributed by atoms with E-state index in [0.29, 0.717) is 11.1 Å². The molecular formula is C14H8Cl2O4S. The minimum absolute atomic E-state index is 0.0801. The van der Waals surface area contributed by atoms with Gasteiger partial charge in [0.15, 0.2) is 11.9 Å². The first kappa shape index (κ1) is 14.4. The van der Waals surface area contributed by atoms with Crippen molar-refractivity contribution in [2.24, 2.45) is 0 Å². The Morgan fingerprint density at radius 1 is 1.33 bits per heavy atom. The SMILES string of the molecule is O=C(c1ccsc1)c1cc2c(c(Cl)c1Cl)OC(C(=O)O)C2. The highest BCUT2D eigenvalue weighted by Gasteiger charge is 2.33. The molecule has 21 heavy (non-hydrogen) atoms. The Morgan fingerprint density at radius 2 is 2.10 bits per heavy atom. The van der Waals surface area contributed by atoms with E-state index in [9.17, 15) is 9.59 Å². The molecular weight excluding hydrogens is 335 g/mol. The van der Waals surface area contributed by atoms with Gasteiger partial charge in [-0.15, -0.1) is 0 Å². The Labute approximate surface area is 133 Å². The first-order chi connectivity index (χ1) is 9.99. The van der Waals surface area contributed by atoms with E-state index in [1.807, 2.05) is 0 Å². The van der Waals surface area contributed by atoms with Gasteiger partial charge in [-0.05, 0) is 17.5 Å². The van der Waals surface area contributed by atoms with Gasteiger partial charge in [0.05, 0.1) is 5.02 Å². The fourth-order valence-electron chi connectivity index (χ4n) is 2.18. The lowest BCUT2D eigenvalue weighted by Gasteiger charge is -2.09. The minimum atomic E-state index is -1.08. The van der Waals surface area contributed by atoms with Crippen LogP contribution < -0.4 is 4.74 Å². The molecule has 4 nitrogen and oxygen atoms in total. The third kappa shape index (κ3) is 2.41. The normalized spacial score (nSPS) is 16.4. The van der Waals surface area contributed by atoms with Crippen LogP contribution in [0.25, 0.3) is 0 Å². The summed E-state index contributed by atoms with van der Waals surface area (Å²) < 4.78 is 5.28. The molecule has 108 valence electrons. The van der Waals surface area contributed by atoms with Gasteiger partial charge in [0, 0.05) is 28.5 Å². The lowest BCUT2D eigenvalue weighted by Crippen LogP contribution is -2.24.